The van der Waals surface area contributed by atoms with Crippen molar-refractivity contribution in [1.29, 1.82) is 0 Å². The van der Waals surface area contributed by atoms with E-state index in [9.17, 15) is 18.0 Å². The molecule has 4 rings (SSSR count). The van der Waals surface area contributed by atoms with Crippen LogP contribution in [-0.2, 0) is 14.8 Å². The maximum atomic E-state index is 13.5. The summed E-state index contributed by atoms with van der Waals surface area (Å²) in [7, 11) is -3.87. The summed E-state index contributed by atoms with van der Waals surface area (Å²) in [5.74, 6) is -0.457. The molecule has 0 aliphatic carbocycles. The van der Waals surface area contributed by atoms with Crippen LogP contribution in [0.2, 0.25) is 0 Å². The molecule has 0 unspecified atom stereocenters. The monoisotopic (exact) mass is 524 g/mol. The van der Waals surface area contributed by atoms with Crippen LogP contribution in [0.5, 0.6) is 0 Å². The first kappa shape index (κ1) is 28.3. The Kier molecular flexibility index (Phi) is 8.73. The third-order valence-electron chi connectivity index (χ3n) is 6.72. The van der Waals surface area contributed by atoms with Gasteiger partial charge in [0.25, 0.3) is 5.91 Å². The molecule has 1 aliphatic heterocycles. The number of hydrogen-bond donors (Lipinski definition) is 3. The van der Waals surface area contributed by atoms with Gasteiger partial charge in [-0.15, -0.1) is 0 Å². The first-order chi connectivity index (χ1) is 17.1. The zero-order chi connectivity index (χ0) is 26.0. The maximum absolute atomic E-state index is 13.5. The van der Waals surface area contributed by atoms with Crippen LogP contribution < -0.4 is 15.8 Å². The van der Waals surface area contributed by atoms with Crippen molar-refractivity contribution >= 4 is 38.3 Å². The topological polar surface area (TPSA) is 122 Å². The van der Waals surface area contributed by atoms with Gasteiger partial charge in [0, 0.05) is 41.2 Å². The number of aryl methyl sites for hydroxylation is 1. The van der Waals surface area contributed by atoms with E-state index < -0.39 is 16.1 Å². The van der Waals surface area contributed by atoms with Crippen LogP contribution in [0.25, 0.3) is 10.8 Å². The lowest BCUT2D eigenvalue weighted by Gasteiger charge is -2.37. The highest BCUT2D eigenvalue weighted by molar-refractivity contribution is 7.89. The number of fused-ring (bicyclic) bond motifs is 1. The van der Waals surface area contributed by atoms with Crippen LogP contribution in [-0.4, -0.2) is 50.3 Å². The third kappa shape index (κ3) is 6.01. The van der Waals surface area contributed by atoms with Gasteiger partial charge >= 0.3 is 0 Å². The van der Waals surface area contributed by atoms with Crippen LogP contribution in [0, 0.1) is 12.8 Å². The van der Waals surface area contributed by atoms with E-state index in [-0.39, 0.29) is 36.1 Å². The molecule has 2 amide bonds. The van der Waals surface area contributed by atoms with Crippen LogP contribution in [0.15, 0.2) is 65.6 Å². The molecule has 0 bridgehead atoms. The molecule has 3 atom stereocenters. The first-order valence-electron chi connectivity index (χ1n) is 12.0. The third-order valence-corrected chi connectivity index (χ3v) is 8.27. The van der Waals surface area contributed by atoms with Crippen molar-refractivity contribution < 1.29 is 18.0 Å². The zero-order valence-electron chi connectivity index (χ0n) is 20.7. The van der Waals surface area contributed by atoms with E-state index in [0.29, 0.717) is 41.5 Å². The van der Waals surface area contributed by atoms with E-state index in [1.54, 1.807) is 60.4 Å². The van der Waals surface area contributed by atoms with Crippen molar-refractivity contribution in [2.75, 3.05) is 18.4 Å². The second-order valence-electron chi connectivity index (χ2n) is 9.49. The molecule has 4 N–H and O–H groups in total. The highest BCUT2D eigenvalue weighted by atomic mass is 32.2. The Bertz CT molecular complexity index is 1400. The van der Waals surface area contributed by atoms with Crippen molar-refractivity contribution in [2.24, 2.45) is 11.7 Å². The largest absolute Gasteiger partial charge is 0.341 e. The molecule has 0 radical (unpaired) electrons. The number of benzene rings is 3. The predicted molar refractivity (Wildman–Crippen MR) is 148 cm³/mol. The van der Waals surface area contributed by atoms with Gasteiger partial charge in [0.05, 0.1) is 10.9 Å². The summed E-state index contributed by atoms with van der Waals surface area (Å²) in [6.07, 6.45) is 0.501. The molecule has 3 aromatic rings. The van der Waals surface area contributed by atoms with E-state index in [2.05, 4.69) is 10.0 Å². The van der Waals surface area contributed by atoms with Gasteiger partial charge in [0.15, 0.2) is 0 Å². The summed E-state index contributed by atoms with van der Waals surface area (Å²) in [5, 5.41) is 4.08. The van der Waals surface area contributed by atoms with Gasteiger partial charge in [-0.2, -0.15) is 0 Å². The second-order valence-corrected chi connectivity index (χ2v) is 11.2. The Balaban J connectivity index is 0.00000380. The number of sulfonamides is 1. The van der Waals surface area contributed by atoms with Crippen molar-refractivity contribution in [3.63, 3.8) is 0 Å². The molecule has 1 fully saturated rings. The molecule has 0 saturated carbocycles. The summed E-state index contributed by atoms with van der Waals surface area (Å²) in [6, 6.07) is 16.7. The number of anilines is 1. The summed E-state index contributed by atoms with van der Waals surface area (Å²) in [5.41, 5.74) is 7.68. The number of amides is 2. The lowest BCUT2D eigenvalue weighted by molar-refractivity contribution is -0.134. The Hall–Kier alpha value is -3.27. The van der Waals surface area contributed by atoms with Crippen molar-refractivity contribution in [3.8, 4) is 0 Å². The van der Waals surface area contributed by atoms with Crippen LogP contribution in [0.1, 0.15) is 43.6 Å². The summed E-state index contributed by atoms with van der Waals surface area (Å²) in [4.78, 5) is 27.0. The minimum absolute atomic E-state index is 0. The minimum Gasteiger partial charge on any atom is -0.341 e. The molecular weight excluding hydrogens is 488 g/mol. The molecular formula is C28H36N4O4S. The van der Waals surface area contributed by atoms with E-state index in [4.69, 9.17) is 5.73 Å². The van der Waals surface area contributed by atoms with E-state index >= 15 is 0 Å². The second kappa shape index (κ2) is 11.4. The fourth-order valence-electron chi connectivity index (χ4n) is 4.71. The number of likely N-dealkylation sites (tertiary alicyclic amines) is 1. The highest BCUT2D eigenvalue weighted by Crippen LogP contribution is 2.30. The molecule has 1 saturated heterocycles. The van der Waals surface area contributed by atoms with Crippen LogP contribution in [0.4, 0.5) is 5.69 Å². The molecule has 9 heteroatoms. The van der Waals surface area contributed by atoms with E-state index in [0.717, 1.165) is 5.56 Å². The van der Waals surface area contributed by atoms with Gasteiger partial charge < -0.3 is 16.0 Å². The van der Waals surface area contributed by atoms with Gasteiger partial charge in [-0.3, -0.25) is 9.59 Å². The number of hydrogen-bond acceptors (Lipinski definition) is 5. The average molecular weight is 525 g/mol. The van der Waals surface area contributed by atoms with Crippen molar-refractivity contribution in [2.45, 2.75) is 51.6 Å². The van der Waals surface area contributed by atoms with Gasteiger partial charge in [-0.1, -0.05) is 56.8 Å². The van der Waals surface area contributed by atoms with Gasteiger partial charge in [0.1, 0.15) is 0 Å². The normalized spacial score (nSPS) is 18.6. The Morgan fingerprint density at radius 2 is 1.70 bits per heavy atom. The van der Waals surface area contributed by atoms with Crippen LogP contribution in [0.3, 0.4) is 0 Å². The Morgan fingerprint density at radius 3 is 2.38 bits per heavy atom. The SMILES string of the molecule is C.Cc1ccccc1C(=O)Nc1cccc2c(S(=O)(=O)N[C@@H]3CCN(C(=O)[C@H](C)N)C[C@H]3C)cccc12. The zero-order valence-corrected chi connectivity index (χ0v) is 21.5. The number of nitrogens with one attached hydrogen (secondary N) is 2. The fraction of sp³-hybridized carbons (Fsp3) is 0.357. The number of piperidine rings is 1. The minimum atomic E-state index is -3.87. The predicted octanol–water partition coefficient (Wildman–Crippen LogP) is 3.90. The molecule has 1 aliphatic rings. The number of carbonyl (C=O) groups is 2. The maximum Gasteiger partial charge on any atom is 0.255 e. The first-order valence-corrected chi connectivity index (χ1v) is 13.5. The molecule has 1 heterocycles. The standard InChI is InChI=1S/C27H32N4O4S.CH4/c1-17-8-4-5-9-20(17)26(32)29-24-12-6-11-22-21(24)10-7-13-25(22)36(34,35)30-23-14-15-31(16-18(23)2)27(33)19(3)28;/h4-13,18-19,23,30H,14-16,28H2,1-3H3,(H,29,32);1H4/t18-,19+,23-;/m1./s1. The Morgan fingerprint density at radius 1 is 1.03 bits per heavy atom. The summed E-state index contributed by atoms with van der Waals surface area (Å²) in [6.45, 7) is 6.34. The number of nitrogens with two attached hydrogens (primary N) is 1. The number of carbonyl (C=O) groups excluding carboxylic acids is 2. The summed E-state index contributed by atoms with van der Waals surface area (Å²) < 4.78 is 29.8. The van der Waals surface area contributed by atoms with E-state index in [1.807, 2.05) is 26.0 Å². The molecule has 37 heavy (non-hydrogen) atoms. The van der Waals surface area contributed by atoms with E-state index in [1.165, 1.54) is 0 Å². The van der Waals surface area contributed by atoms with Gasteiger partial charge in [0.2, 0.25) is 15.9 Å². The molecule has 3 aromatic carbocycles. The molecule has 0 spiro atoms. The van der Waals surface area contributed by atoms with Gasteiger partial charge in [-0.05, 0) is 49.9 Å². The fourth-order valence-corrected chi connectivity index (χ4v) is 6.31. The molecule has 8 nitrogen and oxygen atoms in total. The highest BCUT2D eigenvalue weighted by Gasteiger charge is 2.33. The van der Waals surface area contributed by atoms with Crippen molar-refractivity contribution in [1.82, 2.24) is 9.62 Å². The smallest absolute Gasteiger partial charge is 0.255 e. The number of rotatable bonds is 6. The molecule has 198 valence electrons. The van der Waals surface area contributed by atoms with Crippen LogP contribution >= 0.6 is 0 Å². The lowest BCUT2D eigenvalue weighted by atomic mass is 9.94. The summed E-state index contributed by atoms with van der Waals surface area (Å²) >= 11 is 0. The number of nitrogens with zero attached hydrogens (tertiary/aromatic N) is 1. The quantitative estimate of drug-likeness (QED) is 0.452. The van der Waals surface area contributed by atoms with Gasteiger partial charge in [-0.25, -0.2) is 13.1 Å². The Labute approximate surface area is 219 Å². The molecule has 0 aromatic heterocycles. The average Bonchev–Trinajstić information content (AvgIpc) is 2.84. The lowest BCUT2D eigenvalue weighted by Crippen LogP contribution is -2.54. The van der Waals surface area contributed by atoms with Crippen molar-refractivity contribution in [3.05, 3.63) is 71.8 Å².